The van der Waals surface area contributed by atoms with Crippen molar-refractivity contribution >= 4 is 27.3 Å². The van der Waals surface area contributed by atoms with Gasteiger partial charge in [-0.1, -0.05) is 18.2 Å². The predicted molar refractivity (Wildman–Crippen MR) is 107 cm³/mol. The van der Waals surface area contributed by atoms with Crippen molar-refractivity contribution in [3.05, 3.63) is 90.0 Å². The monoisotopic (exact) mass is 416 g/mol. The molecule has 1 N–H and O–H groups in total. The van der Waals surface area contributed by atoms with Crippen molar-refractivity contribution in [2.75, 3.05) is 16.2 Å². The number of carbonyl (C=O) groups is 1. The lowest BCUT2D eigenvalue weighted by atomic mass is 10.2. The third kappa shape index (κ3) is 4.43. The molecule has 0 atom stereocenters. The Hall–Kier alpha value is -3.26. The summed E-state index contributed by atoms with van der Waals surface area (Å²) in [7, 11) is -3.75. The molecule has 0 saturated carbocycles. The van der Waals surface area contributed by atoms with E-state index >= 15 is 0 Å². The molecule has 3 aromatic rings. The average Bonchev–Trinajstić information content (AvgIpc) is 2.71. The largest absolute Gasteiger partial charge is 0.319 e. The quantitative estimate of drug-likeness (QED) is 0.646. The molecule has 0 aliphatic rings. The summed E-state index contributed by atoms with van der Waals surface area (Å²) in [6.45, 7) is 1.90. The standard InChI is InChI=1S/C21H18F2N2O3S/c1-2-25(29(27,28)18-6-4-3-5-7-18)17-11-8-15(9-12-17)21(26)24-20-13-10-16(22)14-19(20)23/h3-14H,2H2,1H3,(H,24,26). The van der Waals surface area contributed by atoms with Crippen molar-refractivity contribution < 1.29 is 22.0 Å². The van der Waals surface area contributed by atoms with Crippen LogP contribution in [-0.2, 0) is 10.0 Å². The minimum absolute atomic E-state index is 0.151. The third-order valence-electron chi connectivity index (χ3n) is 4.22. The van der Waals surface area contributed by atoms with E-state index in [9.17, 15) is 22.0 Å². The molecule has 0 fully saturated rings. The van der Waals surface area contributed by atoms with E-state index < -0.39 is 27.6 Å². The highest BCUT2D eigenvalue weighted by atomic mass is 32.2. The minimum Gasteiger partial charge on any atom is -0.319 e. The van der Waals surface area contributed by atoms with Gasteiger partial charge in [-0.15, -0.1) is 0 Å². The van der Waals surface area contributed by atoms with Gasteiger partial charge in [-0.25, -0.2) is 17.2 Å². The Morgan fingerprint density at radius 2 is 1.62 bits per heavy atom. The number of rotatable bonds is 6. The van der Waals surface area contributed by atoms with Crippen LogP contribution in [0.2, 0.25) is 0 Å². The third-order valence-corrected chi connectivity index (χ3v) is 6.13. The number of sulfonamides is 1. The lowest BCUT2D eigenvalue weighted by molar-refractivity contribution is 0.102. The summed E-state index contributed by atoms with van der Waals surface area (Å²) in [4.78, 5) is 12.5. The van der Waals surface area contributed by atoms with E-state index in [0.717, 1.165) is 12.1 Å². The van der Waals surface area contributed by atoms with Crippen LogP contribution >= 0.6 is 0 Å². The molecule has 0 heterocycles. The second-order valence-electron chi connectivity index (χ2n) is 6.11. The van der Waals surface area contributed by atoms with Crippen LogP contribution in [0.15, 0.2) is 77.7 Å². The fourth-order valence-corrected chi connectivity index (χ4v) is 4.27. The maximum atomic E-state index is 13.7. The van der Waals surface area contributed by atoms with E-state index in [1.54, 1.807) is 25.1 Å². The normalized spacial score (nSPS) is 11.1. The number of hydrogen-bond acceptors (Lipinski definition) is 3. The maximum absolute atomic E-state index is 13.7. The minimum atomic E-state index is -3.75. The van der Waals surface area contributed by atoms with Crippen molar-refractivity contribution in [3.8, 4) is 0 Å². The van der Waals surface area contributed by atoms with E-state index in [1.807, 2.05) is 0 Å². The number of benzene rings is 3. The van der Waals surface area contributed by atoms with Crippen LogP contribution < -0.4 is 9.62 Å². The van der Waals surface area contributed by atoms with Crippen LogP contribution in [0.1, 0.15) is 17.3 Å². The van der Waals surface area contributed by atoms with Crippen LogP contribution in [0.3, 0.4) is 0 Å². The van der Waals surface area contributed by atoms with Crippen molar-refractivity contribution in [1.82, 2.24) is 0 Å². The topological polar surface area (TPSA) is 66.5 Å². The number of anilines is 2. The van der Waals surface area contributed by atoms with Gasteiger partial charge in [0.25, 0.3) is 15.9 Å². The van der Waals surface area contributed by atoms with Crippen molar-refractivity contribution in [3.63, 3.8) is 0 Å². The summed E-state index contributed by atoms with van der Waals surface area (Å²) in [5.74, 6) is -2.23. The van der Waals surface area contributed by atoms with Gasteiger partial charge in [-0.05, 0) is 55.5 Å². The number of hydrogen-bond donors (Lipinski definition) is 1. The van der Waals surface area contributed by atoms with Crippen molar-refractivity contribution in [1.29, 1.82) is 0 Å². The molecular formula is C21H18F2N2O3S. The Kier molecular flexibility index (Phi) is 5.93. The molecule has 0 unspecified atom stereocenters. The lowest BCUT2D eigenvalue weighted by Crippen LogP contribution is -2.30. The highest BCUT2D eigenvalue weighted by Crippen LogP contribution is 2.24. The van der Waals surface area contributed by atoms with Gasteiger partial charge in [0.15, 0.2) is 0 Å². The molecule has 8 heteroatoms. The zero-order chi connectivity index (χ0) is 21.0. The Morgan fingerprint density at radius 1 is 0.966 bits per heavy atom. The number of halogens is 2. The first-order chi connectivity index (χ1) is 13.8. The van der Waals surface area contributed by atoms with Crippen LogP contribution in [0.25, 0.3) is 0 Å². The summed E-state index contributed by atoms with van der Waals surface area (Å²) < 4.78 is 53.6. The molecule has 0 aromatic heterocycles. The first-order valence-corrected chi connectivity index (χ1v) is 10.2. The average molecular weight is 416 g/mol. The van der Waals surface area contributed by atoms with E-state index in [2.05, 4.69) is 5.32 Å². The van der Waals surface area contributed by atoms with E-state index in [1.165, 1.54) is 40.7 Å². The number of nitrogens with zero attached hydrogens (tertiary/aromatic N) is 1. The van der Waals surface area contributed by atoms with Gasteiger partial charge in [-0.2, -0.15) is 0 Å². The second-order valence-corrected chi connectivity index (χ2v) is 7.97. The number of nitrogens with one attached hydrogen (secondary N) is 1. The SMILES string of the molecule is CCN(c1ccc(C(=O)Nc2ccc(F)cc2F)cc1)S(=O)(=O)c1ccccc1. The van der Waals surface area contributed by atoms with Crippen LogP contribution in [-0.4, -0.2) is 20.9 Å². The summed E-state index contributed by atoms with van der Waals surface area (Å²) in [6.07, 6.45) is 0. The highest BCUT2D eigenvalue weighted by molar-refractivity contribution is 7.92. The first-order valence-electron chi connectivity index (χ1n) is 8.77. The number of amides is 1. The van der Waals surface area contributed by atoms with Crippen LogP contribution in [0.4, 0.5) is 20.2 Å². The van der Waals surface area contributed by atoms with Crippen molar-refractivity contribution in [2.45, 2.75) is 11.8 Å². The molecule has 1 amide bonds. The van der Waals surface area contributed by atoms with E-state index in [-0.39, 0.29) is 22.7 Å². The Bertz CT molecular complexity index is 1120. The van der Waals surface area contributed by atoms with Gasteiger partial charge in [0, 0.05) is 18.2 Å². The fourth-order valence-electron chi connectivity index (χ4n) is 2.78. The maximum Gasteiger partial charge on any atom is 0.264 e. The van der Waals surface area contributed by atoms with Gasteiger partial charge in [0.1, 0.15) is 11.6 Å². The van der Waals surface area contributed by atoms with Gasteiger partial charge in [-0.3, -0.25) is 9.10 Å². The molecule has 0 aliphatic heterocycles. The smallest absolute Gasteiger partial charge is 0.264 e. The zero-order valence-electron chi connectivity index (χ0n) is 15.5. The van der Waals surface area contributed by atoms with Crippen molar-refractivity contribution in [2.24, 2.45) is 0 Å². The van der Waals surface area contributed by atoms with Crippen LogP contribution in [0, 0.1) is 11.6 Å². The molecule has 0 radical (unpaired) electrons. The molecule has 29 heavy (non-hydrogen) atoms. The van der Waals surface area contributed by atoms with E-state index in [0.29, 0.717) is 11.8 Å². The summed E-state index contributed by atoms with van der Waals surface area (Å²) >= 11 is 0. The molecule has 5 nitrogen and oxygen atoms in total. The van der Waals surface area contributed by atoms with Gasteiger partial charge in [0.05, 0.1) is 16.3 Å². The predicted octanol–water partition coefficient (Wildman–Crippen LogP) is 4.43. The summed E-state index contributed by atoms with van der Waals surface area (Å²) in [5, 5.41) is 2.36. The highest BCUT2D eigenvalue weighted by Gasteiger charge is 2.23. The van der Waals surface area contributed by atoms with Gasteiger partial charge >= 0.3 is 0 Å². The molecule has 0 bridgehead atoms. The fraction of sp³-hybridized carbons (Fsp3) is 0.0952. The molecule has 0 aliphatic carbocycles. The summed E-state index contributed by atoms with van der Waals surface area (Å²) in [5.41, 5.74) is 0.439. The molecule has 150 valence electrons. The molecule has 0 spiro atoms. The molecular weight excluding hydrogens is 398 g/mol. The zero-order valence-corrected chi connectivity index (χ0v) is 16.3. The van der Waals surface area contributed by atoms with Gasteiger partial charge in [0.2, 0.25) is 0 Å². The molecule has 3 aromatic carbocycles. The molecule has 0 saturated heterocycles. The van der Waals surface area contributed by atoms with E-state index in [4.69, 9.17) is 0 Å². The number of carbonyl (C=O) groups excluding carboxylic acids is 1. The molecule has 3 rings (SSSR count). The summed E-state index contributed by atoms with van der Waals surface area (Å²) in [6, 6.07) is 16.8. The Balaban J connectivity index is 1.82. The lowest BCUT2D eigenvalue weighted by Gasteiger charge is -2.23. The Labute approximate surface area is 167 Å². The Morgan fingerprint density at radius 3 is 2.21 bits per heavy atom. The second kappa shape index (κ2) is 8.40. The van der Waals surface area contributed by atoms with Crippen LogP contribution in [0.5, 0.6) is 0 Å². The van der Waals surface area contributed by atoms with Gasteiger partial charge < -0.3 is 5.32 Å². The first kappa shape index (κ1) is 20.5.